The number of amides is 5. The van der Waals surface area contributed by atoms with E-state index < -0.39 is 18.0 Å². The van der Waals surface area contributed by atoms with Gasteiger partial charge in [-0.25, -0.2) is 4.79 Å². The second-order valence-corrected chi connectivity index (χ2v) is 7.37. The first kappa shape index (κ1) is 30.2. The summed E-state index contributed by atoms with van der Waals surface area (Å²) in [4.78, 5) is 59.8. The highest BCUT2D eigenvalue weighted by molar-refractivity contribution is 5.85. The Balaban J connectivity index is 4.54. The maximum absolute atomic E-state index is 12.6. The van der Waals surface area contributed by atoms with Crippen LogP contribution in [0.25, 0.3) is 0 Å². The maximum atomic E-state index is 12.6. The van der Waals surface area contributed by atoms with Gasteiger partial charge in [-0.15, -0.1) is 0 Å². The summed E-state index contributed by atoms with van der Waals surface area (Å²) in [5.41, 5.74) is 10.5. The molecule has 13 heteroatoms. The smallest absolute Gasteiger partial charge is 0.317 e. The van der Waals surface area contributed by atoms with Crippen LogP contribution in [-0.4, -0.2) is 100 Å². The van der Waals surface area contributed by atoms with Crippen LogP contribution in [0.1, 0.15) is 32.1 Å². The molecule has 5 amide bonds. The molecule has 0 spiro atoms. The highest BCUT2D eigenvalue weighted by Gasteiger charge is 2.16. The zero-order valence-corrected chi connectivity index (χ0v) is 19.5. The van der Waals surface area contributed by atoms with Crippen molar-refractivity contribution >= 4 is 30.0 Å². The number of nitrogens with two attached hydrogens (primary N) is 2. The Kier molecular flexibility index (Phi) is 18.2. The fourth-order valence-electron chi connectivity index (χ4n) is 2.82. The summed E-state index contributed by atoms with van der Waals surface area (Å²) in [5.74, 6) is -1.04. The maximum Gasteiger partial charge on any atom is 0.317 e. The van der Waals surface area contributed by atoms with Gasteiger partial charge in [-0.1, -0.05) is 0 Å². The normalized spacial score (nSPS) is 11.2. The summed E-state index contributed by atoms with van der Waals surface area (Å²) >= 11 is 0. The number of aldehydes is 1. The molecule has 0 aliphatic heterocycles. The Morgan fingerprint density at radius 2 is 1.39 bits per heavy atom. The van der Waals surface area contributed by atoms with Gasteiger partial charge in [0.05, 0.1) is 25.7 Å². The Bertz CT molecular complexity index is 581. The first-order chi connectivity index (χ1) is 15.9. The molecular weight excluding hydrogens is 432 g/mol. The van der Waals surface area contributed by atoms with Crippen molar-refractivity contribution in [3.8, 4) is 0 Å². The first-order valence-electron chi connectivity index (χ1n) is 11.2. The summed E-state index contributed by atoms with van der Waals surface area (Å²) in [6.07, 6.45) is 3.86. The van der Waals surface area contributed by atoms with Crippen molar-refractivity contribution in [1.82, 2.24) is 31.5 Å². The van der Waals surface area contributed by atoms with Crippen molar-refractivity contribution in [2.24, 2.45) is 11.5 Å². The molecule has 0 fully saturated rings. The Morgan fingerprint density at radius 3 is 1.88 bits per heavy atom. The number of carbonyl (C=O) groups excluding carboxylic acids is 5. The number of urea groups is 1. The van der Waals surface area contributed by atoms with E-state index in [2.05, 4.69) is 26.6 Å². The van der Waals surface area contributed by atoms with Gasteiger partial charge in [0.2, 0.25) is 17.7 Å². The van der Waals surface area contributed by atoms with E-state index in [1.165, 1.54) is 4.90 Å². The highest BCUT2D eigenvalue weighted by Crippen LogP contribution is 1.99. The number of nitrogens with zero attached hydrogens (tertiary/aromatic N) is 1. The number of rotatable bonds is 19. The molecular formula is C20H40N8O5. The molecule has 13 nitrogen and oxygen atoms in total. The van der Waals surface area contributed by atoms with E-state index >= 15 is 0 Å². The fraction of sp³-hybridized carbons (Fsp3) is 0.750. The third kappa shape index (κ3) is 16.5. The first-order valence-corrected chi connectivity index (χ1v) is 11.2. The minimum Gasteiger partial charge on any atom is -0.355 e. The summed E-state index contributed by atoms with van der Waals surface area (Å²) < 4.78 is 0. The van der Waals surface area contributed by atoms with Gasteiger partial charge in [0, 0.05) is 26.2 Å². The van der Waals surface area contributed by atoms with Gasteiger partial charge in [-0.3, -0.25) is 14.4 Å². The summed E-state index contributed by atoms with van der Waals surface area (Å²) in [6, 6.07) is -1.06. The molecule has 1 unspecified atom stereocenters. The number of hydrogen-bond donors (Lipinski definition) is 7. The van der Waals surface area contributed by atoms with Crippen LogP contribution in [0.5, 0.6) is 0 Å². The van der Waals surface area contributed by atoms with E-state index in [-0.39, 0.29) is 31.4 Å². The molecule has 0 rings (SSSR count). The van der Waals surface area contributed by atoms with Crippen LogP contribution in [0, 0.1) is 0 Å². The number of nitrogens with one attached hydrogen (secondary N) is 5. The lowest BCUT2D eigenvalue weighted by atomic mass is 10.1. The van der Waals surface area contributed by atoms with Gasteiger partial charge >= 0.3 is 6.03 Å². The molecule has 0 aromatic carbocycles. The van der Waals surface area contributed by atoms with Crippen molar-refractivity contribution < 1.29 is 24.0 Å². The van der Waals surface area contributed by atoms with Crippen LogP contribution in [-0.2, 0) is 19.2 Å². The summed E-state index contributed by atoms with van der Waals surface area (Å²) in [7, 11) is 1.84. The predicted octanol–water partition coefficient (Wildman–Crippen LogP) is -3.00. The van der Waals surface area contributed by atoms with Crippen molar-refractivity contribution in [1.29, 1.82) is 0 Å². The zero-order valence-electron chi connectivity index (χ0n) is 19.5. The van der Waals surface area contributed by atoms with Crippen LogP contribution < -0.4 is 38.1 Å². The summed E-state index contributed by atoms with van der Waals surface area (Å²) in [6.45, 7) is 1.67. The van der Waals surface area contributed by atoms with Crippen LogP contribution in [0.15, 0.2) is 0 Å². The van der Waals surface area contributed by atoms with E-state index in [4.69, 9.17) is 11.5 Å². The van der Waals surface area contributed by atoms with Gasteiger partial charge < -0.3 is 47.7 Å². The molecule has 0 aromatic heterocycles. The van der Waals surface area contributed by atoms with Crippen molar-refractivity contribution in [3.63, 3.8) is 0 Å². The lowest BCUT2D eigenvalue weighted by Gasteiger charge is -2.23. The molecule has 0 aliphatic carbocycles. The monoisotopic (exact) mass is 472 g/mol. The van der Waals surface area contributed by atoms with E-state index in [0.717, 1.165) is 19.4 Å². The SMILES string of the molecule is CNCCCCC(C=O)NC(=O)CNC(=O)N(CCCNC(=O)CN)CCCNC(=O)CN. The zero-order chi connectivity index (χ0) is 24.9. The fourth-order valence-corrected chi connectivity index (χ4v) is 2.82. The molecule has 190 valence electrons. The van der Waals surface area contributed by atoms with E-state index in [0.29, 0.717) is 51.7 Å². The van der Waals surface area contributed by atoms with Gasteiger partial charge in [-0.05, 0) is 45.7 Å². The minimum atomic E-state index is -0.598. The van der Waals surface area contributed by atoms with Crippen LogP contribution >= 0.6 is 0 Å². The molecule has 0 saturated carbocycles. The van der Waals surface area contributed by atoms with Gasteiger partial charge in [0.25, 0.3) is 0 Å². The van der Waals surface area contributed by atoms with Crippen LogP contribution in [0.3, 0.4) is 0 Å². The molecule has 0 bridgehead atoms. The van der Waals surface area contributed by atoms with Crippen molar-refractivity contribution in [2.75, 3.05) is 59.4 Å². The van der Waals surface area contributed by atoms with Crippen LogP contribution in [0.4, 0.5) is 4.79 Å². The van der Waals surface area contributed by atoms with Crippen LogP contribution in [0.2, 0.25) is 0 Å². The highest BCUT2D eigenvalue weighted by atomic mass is 16.2. The largest absolute Gasteiger partial charge is 0.355 e. The molecule has 0 aliphatic rings. The van der Waals surface area contributed by atoms with Gasteiger partial charge in [-0.2, -0.15) is 0 Å². The lowest BCUT2D eigenvalue weighted by Crippen LogP contribution is -2.48. The Hall–Kier alpha value is -2.77. The third-order valence-electron chi connectivity index (χ3n) is 4.61. The second kappa shape index (κ2) is 19.9. The minimum absolute atomic E-state index is 0.114. The average Bonchev–Trinajstić information content (AvgIpc) is 2.82. The molecule has 0 radical (unpaired) electrons. The van der Waals surface area contributed by atoms with E-state index in [1.807, 2.05) is 7.05 Å². The van der Waals surface area contributed by atoms with E-state index in [1.54, 1.807) is 0 Å². The standard InChI is InChI=1S/C20H40N8O5/c1-23-7-3-2-6-16(15-29)27-19(32)14-26-20(33)28(10-4-8-24-17(30)12-21)11-5-9-25-18(31)13-22/h15-16,23H,2-14,21-22H2,1H3,(H,24,30)(H,25,31)(H,26,33)(H,27,32). The molecule has 0 aromatic rings. The quantitative estimate of drug-likeness (QED) is 0.0761. The topological polar surface area (TPSA) is 201 Å². The van der Waals surface area contributed by atoms with E-state index in [9.17, 15) is 24.0 Å². The second-order valence-electron chi connectivity index (χ2n) is 7.37. The van der Waals surface area contributed by atoms with Gasteiger partial charge in [0.1, 0.15) is 6.29 Å². The van der Waals surface area contributed by atoms with Gasteiger partial charge in [0.15, 0.2) is 0 Å². The predicted molar refractivity (Wildman–Crippen MR) is 124 cm³/mol. The number of hydrogen-bond acceptors (Lipinski definition) is 8. The Morgan fingerprint density at radius 1 is 0.818 bits per heavy atom. The average molecular weight is 473 g/mol. The Labute approximate surface area is 195 Å². The molecule has 9 N–H and O–H groups in total. The number of carbonyl (C=O) groups is 5. The number of unbranched alkanes of at least 4 members (excludes halogenated alkanes) is 1. The molecule has 33 heavy (non-hydrogen) atoms. The third-order valence-corrected chi connectivity index (χ3v) is 4.61. The molecule has 1 atom stereocenters. The molecule has 0 saturated heterocycles. The molecule has 0 heterocycles. The van der Waals surface area contributed by atoms with Crippen molar-refractivity contribution in [2.45, 2.75) is 38.1 Å². The lowest BCUT2D eigenvalue weighted by molar-refractivity contribution is -0.123. The summed E-state index contributed by atoms with van der Waals surface area (Å²) in [5, 5.41) is 13.4. The van der Waals surface area contributed by atoms with Crippen molar-refractivity contribution in [3.05, 3.63) is 0 Å².